The highest BCUT2D eigenvalue weighted by Crippen LogP contribution is 1.92. The Bertz CT molecular complexity index is 87.8. The minimum Gasteiger partial charge on any atom is -0.375 e. The monoisotopic (exact) mass is 146 g/mol. The molecule has 4 nitrogen and oxygen atoms in total. The summed E-state index contributed by atoms with van der Waals surface area (Å²) >= 11 is 0. The molecule has 0 saturated carbocycles. The van der Waals surface area contributed by atoms with Gasteiger partial charge in [-0.2, -0.15) is 5.48 Å². The van der Waals surface area contributed by atoms with Gasteiger partial charge in [-0.05, 0) is 13.3 Å². The molecule has 10 heavy (non-hydrogen) atoms. The zero-order valence-corrected chi connectivity index (χ0v) is 6.46. The van der Waals surface area contributed by atoms with Crippen LogP contribution in [0.3, 0.4) is 0 Å². The highest BCUT2D eigenvalue weighted by molar-refractivity contribution is 5.21. The predicted molar refractivity (Wildman–Crippen MR) is 39.5 cm³/mol. The summed E-state index contributed by atoms with van der Waals surface area (Å²) in [4.78, 5) is 9.65. The van der Waals surface area contributed by atoms with Gasteiger partial charge >= 0.3 is 0 Å². The largest absolute Gasteiger partial charge is 0.375 e. The molecule has 0 heterocycles. The minimum atomic E-state index is -0.183. The van der Waals surface area contributed by atoms with E-state index in [2.05, 4.69) is 17.4 Å². The van der Waals surface area contributed by atoms with E-state index in [1.54, 1.807) is 0 Å². The fraction of sp³-hybridized carbons (Fsp3) is 0.833. The Morgan fingerprint density at radius 2 is 2.30 bits per heavy atom. The molecule has 1 N–H and O–H groups in total. The lowest BCUT2D eigenvalue weighted by Gasteiger charge is -2.12. The molecule has 0 aliphatic rings. The second kappa shape index (κ2) is 6.51. The molecular weight excluding hydrogens is 132 g/mol. The van der Waals surface area contributed by atoms with Crippen LogP contribution in [0.4, 0.5) is 0 Å². The molecule has 0 bridgehead atoms. The molecule has 0 aliphatic carbocycles. The van der Waals surface area contributed by atoms with Gasteiger partial charge in [-0.3, -0.25) is 4.84 Å². The Morgan fingerprint density at radius 1 is 1.60 bits per heavy atom. The lowest BCUT2D eigenvalue weighted by molar-refractivity contribution is -0.0870. The van der Waals surface area contributed by atoms with Crippen LogP contribution in [0.15, 0.2) is 5.16 Å². The predicted octanol–water partition coefficient (Wildman–Crippen LogP) is 0.896. The second-order valence-electron chi connectivity index (χ2n) is 1.68. The molecule has 0 fully saturated rings. The van der Waals surface area contributed by atoms with E-state index in [0.29, 0.717) is 6.61 Å². The van der Waals surface area contributed by atoms with E-state index >= 15 is 0 Å². The Kier molecular flexibility index (Phi) is 6.11. The van der Waals surface area contributed by atoms with Gasteiger partial charge < -0.3 is 4.84 Å². The molecule has 4 heteroatoms. The molecule has 0 radical (unpaired) electrons. The lowest BCUT2D eigenvalue weighted by atomic mass is 10.4. The maximum Gasteiger partial charge on any atom is 0.199 e. The minimum absolute atomic E-state index is 0.183. The Morgan fingerprint density at radius 3 is 2.70 bits per heavy atom. The molecule has 0 rings (SSSR count). The van der Waals surface area contributed by atoms with Gasteiger partial charge in [-0.1, -0.05) is 6.92 Å². The zero-order valence-electron chi connectivity index (χ0n) is 6.46. The smallest absolute Gasteiger partial charge is 0.199 e. The van der Waals surface area contributed by atoms with E-state index in [1.165, 1.54) is 0 Å². The van der Waals surface area contributed by atoms with Crippen molar-refractivity contribution in [2.24, 2.45) is 5.16 Å². The van der Waals surface area contributed by atoms with Crippen LogP contribution in [0, 0.1) is 0 Å². The van der Waals surface area contributed by atoms with Gasteiger partial charge in [-0.15, -0.1) is 5.16 Å². The topological polar surface area (TPSA) is 42.8 Å². The van der Waals surface area contributed by atoms with Gasteiger partial charge in [0.1, 0.15) is 0 Å². The van der Waals surface area contributed by atoms with Crippen LogP contribution in [0.1, 0.15) is 20.3 Å². The normalized spacial score (nSPS) is 12.6. The van der Waals surface area contributed by atoms with E-state index in [0.717, 1.165) is 6.42 Å². The van der Waals surface area contributed by atoms with Crippen molar-refractivity contribution >= 4 is 6.72 Å². The van der Waals surface area contributed by atoms with Crippen LogP contribution >= 0.6 is 0 Å². The molecule has 0 aliphatic heterocycles. The Labute approximate surface area is 61.1 Å². The van der Waals surface area contributed by atoms with E-state index in [4.69, 9.17) is 9.68 Å². The van der Waals surface area contributed by atoms with Crippen molar-refractivity contribution in [2.75, 3.05) is 6.61 Å². The van der Waals surface area contributed by atoms with Gasteiger partial charge in [-0.25, -0.2) is 0 Å². The van der Waals surface area contributed by atoms with Crippen LogP contribution in [0.25, 0.3) is 0 Å². The molecule has 1 unspecified atom stereocenters. The first-order valence-electron chi connectivity index (χ1n) is 3.34. The molecule has 0 aromatic carbocycles. The average Bonchev–Trinajstić information content (AvgIpc) is 1.98. The first kappa shape index (κ1) is 9.39. The number of oxime groups is 1. The number of hydroxylamine groups is 1. The molecular formula is C6H14N2O2. The standard InChI is InChI=1S/C6H14N2O2/c1-4-6(10-7-3)8-9-5-2/h6,8H,3-5H2,1-2H3. The van der Waals surface area contributed by atoms with E-state index in [9.17, 15) is 0 Å². The third-order valence-electron chi connectivity index (χ3n) is 0.932. The molecule has 0 aromatic rings. The fourth-order valence-corrected chi connectivity index (χ4v) is 0.446. The van der Waals surface area contributed by atoms with Crippen molar-refractivity contribution in [3.05, 3.63) is 0 Å². The zero-order chi connectivity index (χ0) is 7.82. The van der Waals surface area contributed by atoms with Gasteiger partial charge in [0, 0.05) is 6.72 Å². The number of nitrogens with one attached hydrogen (secondary N) is 1. The van der Waals surface area contributed by atoms with Crippen LogP contribution < -0.4 is 5.48 Å². The average molecular weight is 146 g/mol. The number of nitrogens with zero attached hydrogens (tertiary/aromatic N) is 1. The van der Waals surface area contributed by atoms with Gasteiger partial charge in [0.05, 0.1) is 6.61 Å². The number of hydrogen-bond acceptors (Lipinski definition) is 4. The van der Waals surface area contributed by atoms with E-state index in [1.807, 2.05) is 13.8 Å². The lowest BCUT2D eigenvalue weighted by Crippen LogP contribution is -2.29. The van der Waals surface area contributed by atoms with Crippen LogP contribution in [0.2, 0.25) is 0 Å². The number of hydrogen-bond donors (Lipinski definition) is 1. The molecule has 60 valence electrons. The summed E-state index contributed by atoms with van der Waals surface area (Å²) in [6.07, 6.45) is 0.608. The summed E-state index contributed by atoms with van der Waals surface area (Å²) in [5, 5.41) is 3.27. The third kappa shape index (κ3) is 4.29. The first-order valence-corrected chi connectivity index (χ1v) is 3.34. The van der Waals surface area contributed by atoms with Gasteiger partial charge in [0.2, 0.25) is 0 Å². The summed E-state index contributed by atoms with van der Waals surface area (Å²) in [7, 11) is 0. The van der Waals surface area contributed by atoms with Crippen LogP contribution in [-0.2, 0) is 9.68 Å². The SMILES string of the molecule is C=NOC(CC)NOCC. The van der Waals surface area contributed by atoms with Crippen LogP contribution in [-0.4, -0.2) is 19.6 Å². The number of rotatable bonds is 6. The highest BCUT2D eigenvalue weighted by Gasteiger charge is 2.03. The molecule has 0 spiro atoms. The Hall–Kier alpha value is -0.610. The summed E-state index contributed by atoms with van der Waals surface area (Å²) in [5.74, 6) is 0. The molecule has 0 aromatic heterocycles. The van der Waals surface area contributed by atoms with E-state index < -0.39 is 0 Å². The maximum atomic E-state index is 4.88. The third-order valence-corrected chi connectivity index (χ3v) is 0.932. The summed E-state index contributed by atoms with van der Waals surface area (Å²) < 4.78 is 0. The summed E-state index contributed by atoms with van der Waals surface area (Å²) in [6.45, 7) is 7.65. The van der Waals surface area contributed by atoms with Crippen molar-refractivity contribution in [2.45, 2.75) is 26.5 Å². The molecule has 0 amide bonds. The molecule has 1 atom stereocenters. The fourth-order valence-electron chi connectivity index (χ4n) is 0.446. The van der Waals surface area contributed by atoms with Crippen molar-refractivity contribution in [1.29, 1.82) is 0 Å². The van der Waals surface area contributed by atoms with Crippen molar-refractivity contribution < 1.29 is 9.68 Å². The quantitative estimate of drug-likeness (QED) is 0.344. The van der Waals surface area contributed by atoms with Gasteiger partial charge in [0.25, 0.3) is 0 Å². The highest BCUT2D eigenvalue weighted by atomic mass is 16.7. The van der Waals surface area contributed by atoms with Crippen molar-refractivity contribution in [1.82, 2.24) is 5.48 Å². The van der Waals surface area contributed by atoms with E-state index in [-0.39, 0.29) is 6.23 Å². The van der Waals surface area contributed by atoms with Gasteiger partial charge in [0.15, 0.2) is 6.23 Å². The van der Waals surface area contributed by atoms with Crippen LogP contribution in [0.5, 0.6) is 0 Å². The first-order chi connectivity index (χ1) is 4.85. The summed E-state index contributed by atoms with van der Waals surface area (Å²) in [6, 6.07) is 0. The Balaban J connectivity index is 3.29. The molecule has 0 saturated heterocycles. The van der Waals surface area contributed by atoms with Crippen molar-refractivity contribution in [3.63, 3.8) is 0 Å². The van der Waals surface area contributed by atoms with Crippen molar-refractivity contribution in [3.8, 4) is 0 Å². The summed E-state index contributed by atoms with van der Waals surface area (Å²) in [5.41, 5.74) is 2.66. The second-order valence-corrected chi connectivity index (χ2v) is 1.68. The maximum absolute atomic E-state index is 4.88.